The molecule has 3 heterocycles. The van der Waals surface area contributed by atoms with Crippen molar-refractivity contribution in [2.75, 3.05) is 24.5 Å². The standard InChI is InChI=1S/C17H23N5O/c23-13-17-19-18-16-12-20(9-10-22(16)17)11-14-5-1-2-6-15(14)21-7-3-4-8-21/h1-2,5-6,23H,3-4,7-13H2. The molecule has 2 aliphatic heterocycles. The zero-order chi connectivity index (χ0) is 15.6. The summed E-state index contributed by atoms with van der Waals surface area (Å²) < 4.78 is 2.04. The maximum absolute atomic E-state index is 9.30. The van der Waals surface area contributed by atoms with Crippen molar-refractivity contribution >= 4 is 5.69 Å². The Morgan fingerprint density at radius 2 is 1.83 bits per heavy atom. The van der Waals surface area contributed by atoms with Crippen LogP contribution < -0.4 is 4.90 Å². The lowest BCUT2D eigenvalue weighted by Gasteiger charge is -2.29. The van der Waals surface area contributed by atoms with Gasteiger partial charge in [-0.05, 0) is 24.5 Å². The molecule has 4 rings (SSSR count). The molecule has 0 unspecified atom stereocenters. The average molecular weight is 313 g/mol. The SMILES string of the molecule is OCc1nnc2n1CCN(Cc1ccccc1N1CCCC1)C2. The minimum absolute atomic E-state index is 0.0369. The molecule has 2 aliphatic rings. The van der Waals surface area contributed by atoms with Gasteiger partial charge in [-0.3, -0.25) is 4.90 Å². The fourth-order valence-corrected chi connectivity index (χ4v) is 3.67. The molecule has 23 heavy (non-hydrogen) atoms. The van der Waals surface area contributed by atoms with Crippen molar-refractivity contribution in [1.82, 2.24) is 19.7 Å². The van der Waals surface area contributed by atoms with Crippen LogP contribution in [0, 0.1) is 0 Å². The Labute approximate surface area is 136 Å². The van der Waals surface area contributed by atoms with Crippen molar-refractivity contribution in [1.29, 1.82) is 0 Å². The summed E-state index contributed by atoms with van der Waals surface area (Å²) in [7, 11) is 0. The second-order valence-electron chi connectivity index (χ2n) is 6.38. The van der Waals surface area contributed by atoms with E-state index in [-0.39, 0.29) is 6.61 Å². The third-order valence-corrected chi connectivity index (χ3v) is 4.88. The first-order chi connectivity index (χ1) is 11.3. The molecular weight excluding hydrogens is 290 g/mol. The largest absolute Gasteiger partial charge is 0.388 e. The van der Waals surface area contributed by atoms with Crippen LogP contribution in [-0.2, 0) is 26.2 Å². The van der Waals surface area contributed by atoms with Crippen molar-refractivity contribution in [2.45, 2.75) is 39.1 Å². The Morgan fingerprint density at radius 1 is 1.00 bits per heavy atom. The minimum atomic E-state index is -0.0369. The van der Waals surface area contributed by atoms with Crippen molar-refractivity contribution in [3.8, 4) is 0 Å². The zero-order valence-electron chi connectivity index (χ0n) is 13.4. The summed E-state index contributed by atoms with van der Waals surface area (Å²) in [6.45, 7) is 5.85. The topological polar surface area (TPSA) is 57.4 Å². The number of hydrogen-bond acceptors (Lipinski definition) is 5. The second-order valence-corrected chi connectivity index (χ2v) is 6.38. The summed E-state index contributed by atoms with van der Waals surface area (Å²) in [4.78, 5) is 4.92. The second kappa shape index (κ2) is 6.29. The van der Waals surface area contributed by atoms with Gasteiger partial charge in [-0.1, -0.05) is 18.2 Å². The highest BCUT2D eigenvalue weighted by Crippen LogP contribution is 2.26. The Bertz CT molecular complexity index is 677. The molecule has 1 saturated heterocycles. The van der Waals surface area contributed by atoms with E-state index in [2.05, 4.69) is 44.3 Å². The molecule has 6 heteroatoms. The molecule has 1 aromatic heterocycles. The number of aliphatic hydroxyl groups excluding tert-OH is 1. The number of hydrogen-bond donors (Lipinski definition) is 1. The predicted octanol–water partition coefficient (Wildman–Crippen LogP) is 1.39. The van der Waals surface area contributed by atoms with E-state index in [1.165, 1.54) is 37.2 Å². The smallest absolute Gasteiger partial charge is 0.158 e. The van der Waals surface area contributed by atoms with Gasteiger partial charge >= 0.3 is 0 Å². The van der Waals surface area contributed by atoms with Crippen LogP contribution in [0.4, 0.5) is 5.69 Å². The van der Waals surface area contributed by atoms with E-state index >= 15 is 0 Å². The predicted molar refractivity (Wildman–Crippen MR) is 87.9 cm³/mol. The lowest BCUT2D eigenvalue weighted by molar-refractivity contribution is 0.199. The molecule has 0 saturated carbocycles. The highest BCUT2D eigenvalue weighted by Gasteiger charge is 2.22. The highest BCUT2D eigenvalue weighted by atomic mass is 16.3. The third-order valence-electron chi connectivity index (χ3n) is 4.88. The number of fused-ring (bicyclic) bond motifs is 1. The van der Waals surface area contributed by atoms with Gasteiger partial charge in [-0.25, -0.2) is 0 Å². The molecule has 0 spiro atoms. The van der Waals surface area contributed by atoms with Gasteiger partial charge in [0.2, 0.25) is 0 Å². The van der Waals surface area contributed by atoms with Gasteiger partial charge in [-0.2, -0.15) is 0 Å². The lowest BCUT2D eigenvalue weighted by atomic mass is 10.1. The van der Waals surface area contributed by atoms with Crippen molar-refractivity contribution in [3.05, 3.63) is 41.5 Å². The van der Waals surface area contributed by atoms with Gasteiger partial charge in [-0.15, -0.1) is 10.2 Å². The third kappa shape index (κ3) is 2.84. The van der Waals surface area contributed by atoms with Crippen LogP contribution in [0.2, 0.25) is 0 Å². The van der Waals surface area contributed by atoms with Crippen LogP contribution in [0.15, 0.2) is 24.3 Å². The van der Waals surface area contributed by atoms with Crippen LogP contribution >= 0.6 is 0 Å². The summed E-state index contributed by atoms with van der Waals surface area (Å²) in [5.41, 5.74) is 2.78. The normalized spacial score (nSPS) is 18.4. The van der Waals surface area contributed by atoms with Gasteiger partial charge < -0.3 is 14.6 Å². The average Bonchev–Trinajstić information content (AvgIpc) is 3.24. The van der Waals surface area contributed by atoms with Gasteiger partial charge in [0, 0.05) is 38.4 Å². The van der Waals surface area contributed by atoms with Crippen LogP contribution in [0.1, 0.15) is 30.1 Å². The molecule has 6 nitrogen and oxygen atoms in total. The summed E-state index contributed by atoms with van der Waals surface area (Å²) in [5, 5.41) is 17.6. The molecular formula is C17H23N5O. The molecule has 0 bridgehead atoms. The minimum Gasteiger partial charge on any atom is -0.388 e. The maximum atomic E-state index is 9.30. The summed E-state index contributed by atoms with van der Waals surface area (Å²) in [6, 6.07) is 8.76. The van der Waals surface area contributed by atoms with E-state index in [1.54, 1.807) is 0 Å². The van der Waals surface area contributed by atoms with Gasteiger partial charge in [0.1, 0.15) is 12.4 Å². The van der Waals surface area contributed by atoms with Crippen molar-refractivity contribution < 1.29 is 5.11 Å². The first-order valence-electron chi connectivity index (χ1n) is 8.42. The molecule has 1 aromatic carbocycles. The lowest BCUT2D eigenvalue weighted by Crippen LogP contribution is -2.34. The molecule has 2 aromatic rings. The summed E-state index contributed by atoms with van der Waals surface area (Å²) in [5.74, 6) is 1.64. The quantitative estimate of drug-likeness (QED) is 0.924. The first kappa shape index (κ1) is 14.7. The maximum Gasteiger partial charge on any atom is 0.158 e. The molecule has 1 N–H and O–H groups in total. The van der Waals surface area contributed by atoms with Crippen molar-refractivity contribution in [3.63, 3.8) is 0 Å². The zero-order valence-corrected chi connectivity index (χ0v) is 13.4. The van der Waals surface area contributed by atoms with E-state index in [9.17, 15) is 5.11 Å². The van der Waals surface area contributed by atoms with E-state index in [4.69, 9.17) is 0 Å². The number of benzene rings is 1. The van der Waals surface area contributed by atoms with Gasteiger partial charge in [0.05, 0.1) is 6.54 Å². The number of nitrogens with zero attached hydrogens (tertiary/aromatic N) is 5. The molecule has 0 radical (unpaired) electrons. The van der Waals surface area contributed by atoms with Crippen LogP contribution in [0.25, 0.3) is 0 Å². The first-order valence-corrected chi connectivity index (χ1v) is 8.42. The number of aromatic nitrogens is 3. The molecule has 0 atom stereocenters. The van der Waals surface area contributed by atoms with Crippen LogP contribution in [0.3, 0.4) is 0 Å². The fourth-order valence-electron chi connectivity index (χ4n) is 3.67. The molecule has 0 aliphatic carbocycles. The molecule has 1 fully saturated rings. The van der Waals surface area contributed by atoms with E-state index in [0.29, 0.717) is 5.82 Å². The number of aliphatic hydroxyl groups is 1. The number of anilines is 1. The Balaban J connectivity index is 1.51. The number of para-hydroxylation sites is 1. The van der Waals surface area contributed by atoms with Crippen LogP contribution in [0.5, 0.6) is 0 Å². The Hall–Kier alpha value is -1.92. The van der Waals surface area contributed by atoms with Gasteiger partial charge in [0.25, 0.3) is 0 Å². The summed E-state index contributed by atoms with van der Waals surface area (Å²) in [6.07, 6.45) is 2.59. The Morgan fingerprint density at radius 3 is 2.65 bits per heavy atom. The number of rotatable bonds is 4. The van der Waals surface area contributed by atoms with Crippen molar-refractivity contribution in [2.24, 2.45) is 0 Å². The van der Waals surface area contributed by atoms with E-state index in [1.807, 2.05) is 4.57 Å². The Kier molecular flexibility index (Phi) is 4.01. The highest BCUT2D eigenvalue weighted by molar-refractivity contribution is 5.54. The van der Waals surface area contributed by atoms with E-state index < -0.39 is 0 Å². The fraction of sp³-hybridized carbons (Fsp3) is 0.529. The monoisotopic (exact) mass is 313 g/mol. The molecule has 122 valence electrons. The van der Waals surface area contributed by atoms with Gasteiger partial charge in [0.15, 0.2) is 5.82 Å². The van der Waals surface area contributed by atoms with Crippen LogP contribution in [-0.4, -0.2) is 44.4 Å². The van der Waals surface area contributed by atoms with E-state index in [0.717, 1.165) is 32.0 Å². The molecule has 0 amide bonds. The summed E-state index contributed by atoms with van der Waals surface area (Å²) >= 11 is 0.